The van der Waals surface area contributed by atoms with Crippen molar-refractivity contribution in [2.75, 3.05) is 20.6 Å². The minimum atomic E-state index is 0.0948. The van der Waals surface area contributed by atoms with E-state index < -0.39 is 0 Å². The Morgan fingerprint density at radius 1 is 1.35 bits per heavy atom. The smallest absolute Gasteiger partial charge is 0.223 e. The van der Waals surface area contributed by atoms with Gasteiger partial charge in [-0.3, -0.25) is 4.79 Å². The lowest BCUT2D eigenvalue weighted by Crippen LogP contribution is -2.28. The minimum Gasteiger partial charge on any atom is -0.459 e. The van der Waals surface area contributed by atoms with Gasteiger partial charge in [0.15, 0.2) is 0 Å². The van der Waals surface area contributed by atoms with Crippen LogP contribution in [0.3, 0.4) is 0 Å². The van der Waals surface area contributed by atoms with Crippen molar-refractivity contribution in [3.63, 3.8) is 0 Å². The van der Waals surface area contributed by atoms with Gasteiger partial charge in [0, 0.05) is 32.4 Å². The Morgan fingerprint density at radius 3 is 2.70 bits per heavy atom. The van der Waals surface area contributed by atoms with Crippen molar-refractivity contribution in [3.8, 4) is 0 Å². The Kier molecular flexibility index (Phi) is 4.45. The highest BCUT2D eigenvalue weighted by Crippen LogP contribution is 2.28. The second-order valence-corrected chi connectivity index (χ2v) is 5.30. The number of para-hydroxylation sites is 1. The van der Waals surface area contributed by atoms with Crippen molar-refractivity contribution in [2.24, 2.45) is 0 Å². The maximum absolute atomic E-state index is 11.5. The van der Waals surface area contributed by atoms with Crippen LogP contribution in [0.15, 0.2) is 28.7 Å². The molecule has 108 valence electrons. The van der Waals surface area contributed by atoms with Crippen LogP contribution in [-0.4, -0.2) is 31.4 Å². The number of amides is 1. The van der Waals surface area contributed by atoms with Gasteiger partial charge in [0.05, 0.1) is 6.04 Å². The Hall–Kier alpha value is -1.81. The number of aryl methyl sites for hydroxylation is 1. The van der Waals surface area contributed by atoms with Gasteiger partial charge >= 0.3 is 0 Å². The fourth-order valence-corrected chi connectivity index (χ4v) is 2.32. The normalized spacial score (nSPS) is 12.6. The summed E-state index contributed by atoms with van der Waals surface area (Å²) < 4.78 is 5.91. The number of hydrogen-bond donors (Lipinski definition) is 1. The van der Waals surface area contributed by atoms with E-state index in [2.05, 4.69) is 25.2 Å². The Balaban J connectivity index is 2.02. The van der Waals surface area contributed by atoms with Crippen LogP contribution in [0.25, 0.3) is 11.0 Å². The molecule has 0 spiro atoms. The van der Waals surface area contributed by atoms with E-state index in [4.69, 9.17) is 4.42 Å². The predicted octanol–water partition coefficient (Wildman–Crippen LogP) is 2.87. The molecule has 0 bridgehead atoms. The molecule has 0 fully saturated rings. The molecule has 0 aliphatic heterocycles. The summed E-state index contributed by atoms with van der Waals surface area (Å²) in [5.41, 5.74) is 2.08. The van der Waals surface area contributed by atoms with Crippen molar-refractivity contribution in [1.82, 2.24) is 10.2 Å². The number of nitrogens with zero attached hydrogens (tertiary/aromatic N) is 1. The van der Waals surface area contributed by atoms with Crippen LogP contribution < -0.4 is 5.32 Å². The van der Waals surface area contributed by atoms with E-state index in [1.807, 2.05) is 18.2 Å². The van der Waals surface area contributed by atoms with E-state index in [1.165, 1.54) is 5.56 Å². The molecule has 4 nitrogen and oxygen atoms in total. The van der Waals surface area contributed by atoms with Crippen molar-refractivity contribution in [1.29, 1.82) is 0 Å². The maximum Gasteiger partial charge on any atom is 0.223 e. The number of hydrogen-bond acceptors (Lipinski definition) is 3. The quantitative estimate of drug-likeness (QED) is 0.912. The number of nitrogens with one attached hydrogen (secondary N) is 1. The number of furan rings is 1. The maximum atomic E-state index is 11.5. The molecule has 20 heavy (non-hydrogen) atoms. The average Bonchev–Trinajstić information content (AvgIpc) is 2.76. The van der Waals surface area contributed by atoms with E-state index in [1.54, 1.807) is 19.0 Å². The van der Waals surface area contributed by atoms with Gasteiger partial charge in [0.25, 0.3) is 0 Å². The molecule has 0 saturated carbocycles. The van der Waals surface area contributed by atoms with Crippen molar-refractivity contribution in [3.05, 3.63) is 35.6 Å². The zero-order chi connectivity index (χ0) is 14.7. The molecule has 2 rings (SSSR count). The predicted molar refractivity (Wildman–Crippen MR) is 80.7 cm³/mol. The van der Waals surface area contributed by atoms with Crippen LogP contribution in [0.1, 0.15) is 30.7 Å². The molecule has 1 heterocycles. The summed E-state index contributed by atoms with van der Waals surface area (Å²) in [7, 11) is 3.55. The lowest BCUT2D eigenvalue weighted by Gasteiger charge is -2.14. The van der Waals surface area contributed by atoms with Gasteiger partial charge in [-0.25, -0.2) is 0 Å². The van der Waals surface area contributed by atoms with Gasteiger partial charge in [0.1, 0.15) is 11.3 Å². The zero-order valence-electron chi connectivity index (χ0n) is 12.6. The molecule has 0 radical (unpaired) electrons. The molecule has 0 saturated heterocycles. The van der Waals surface area contributed by atoms with Crippen LogP contribution >= 0.6 is 0 Å². The highest BCUT2D eigenvalue weighted by atomic mass is 16.3. The molecule has 2 aromatic rings. The van der Waals surface area contributed by atoms with E-state index >= 15 is 0 Å². The van der Waals surface area contributed by atoms with Gasteiger partial charge < -0.3 is 14.6 Å². The third-order valence-corrected chi connectivity index (χ3v) is 3.56. The monoisotopic (exact) mass is 274 g/mol. The third-order valence-electron chi connectivity index (χ3n) is 3.56. The molecule has 0 aliphatic carbocycles. The molecule has 1 aromatic carbocycles. The second-order valence-electron chi connectivity index (χ2n) is 5.30. The lowest BCUT2D eigenvalue weighted by atomic mass is 10.1. The van der Waals surface area contributed by atoms with E-state index in [0.29, 0.717) is 13.0 Å². The molecular formula is C16H22N2O2. The van der Waals surface area contributed by atoms with Gasteiger partial charge in [-0.1, -0.05) is 18.2 Å². The average molecular weight is 274 g/mol. The van der Waals surface area contributed by atoms with Gasteiger partial charge in [0.2, 0.25) is 5.91 Å². The largest absolute Gasteiger partial charge is 0.459 e. The van der Waals surface area contributed by atoms with Crippen LogP contribution in [0.5, 0.6) is 0 Å². The molecule has 1 atom stereocenters. The fourth-order valence-electron chi connectivity index (χ4n) is 2.32. The molecule has 1 amide bonds. The van der Waals surface area contributed by atoms with E-state index in [0.717, 1.165) is 16.7 Å². The van der Waals surface area contributed by atoms with Crippen molar-refractivity contribution in [2.45, 2.75) is 26.3 Å². The van der Waals surface area contributed by atoms with Gasteiger partial charge in [-0.2, -0.15) is 0 Å². The summed E-state index contributed by atoms with van der Waals surface area (Å²) in [5.74, 6) is 1.08. The van der Waals surface area contributed by atoms with E-state index in [-0.39, 0.29) is 11.9 Å². The first kappa shape index (κ1) is 14.6. The fraction of sp³-hybridized carbons (Fsp3) is 0.438. The molecule has 4 heteroatoms. The number of benzene rings is 1. The molecular weight excluding hydrogens is 252 g/mol. The topological polar surface area (TPSA) is 45.5 Å². The molecule has 1 N–H and O–H groups in total. The number of carbonyl (C=O) groups is 1. The number of fused-ring (bicyclic) bond motifs is 1. The summed E-state index contributed by atoms with van der Waals surface area (Å²) in [4.78, 5) is 13.1. The summed E-state index contributed by atoms with van der Waals surface area (Å²) in [6.07, 6.45) is 0.497. The van der Waals surface area contributed by atoms with Gasteiger partial charge in [-0.15, -0.1) is 0 Å². The molecule has 1 unspecified atom stereocenters. The molecule has 0 aliphatic rings. The second kappa shape index (κ2) is 6.09. The van der Waals surface area contributed by atoms with Gasteiger partial charge in [-0.05, 0) is 25.5 Å². The van der Waals surface area contributed by atoms with Crippen molar-refractivity contribution >= 4 is 16.9 Å². The summed E-state index contributed by atoms with van der Waals surface area (Å²) >= 11 is 0. The SMILES string of the molecule is Cc1c(C(C)NCCC(=O)N(C)C)oc2ccccc12. The minimum absolute atomic E-state index is 0.0948. The van der Waals surface area contributed by atoms with E-state index in [9.17, 15) is 4.79 Å². The Bertz CT molecular complexity index is 602. The van der Waals surface area contributed by atoms with Crippen LogP contribution in [0, 0.1) is 6.92 Å². The zero-order valence-corrected chi connectivity index (χ0v) is 12.6. The summed E-state index contributed by atoms with van der Waals surface area (Å²) in [5, 5.41) is 4.50. The lowest BCUT2D eigenvalue weighted by molar-refractivity contribution is -0.128. The standard InChI is InChI=1S/C16H22N2O2/c1-11-13-7-5-6-8-14(13)20-16(11)12(2)17-10-9-15(19)18(3)4/h5-8,12,17H,9-10H2,1-4H3. The first-order chi connectivity index (χ1) is 9.50. The first-order valence-corrected chi connectivity index (χ1v) is 6.92. The molecule has 1 aromatic heterocycles. The Morgan fingerprint density at radius 2 is 2.05 bits per heavy atom. The summed E-state index contributed by atoms with van der Waals surface area (Å²) in [6, 6.07) is 8.14. The number of rotatable bonds is 5. The highest BCUT2D eigenvalue weighted by molar-refractivity contribution is 5.82. The Labute approximate surface area is 119 Å². The first-order valence-electron chi connectivity index (χ1n) is 6.92. The number of carbonyl (C=O) groups excluding carboxylic acids is 1. The highest BCUT2D eigenvalue weighted by Gasteiger charge is 2.16. The van der Waals surface area contributed by atoms with Crippen LogP contribution in [-0.2, 0) is 4.79 Å². The third kappa shape index (κ3) is 3.02. The van der Waals surface area contributed by atoms with Crippen LogP contribution in [0.2, 0.25) is 0 Å². The summed E-state index contributed by atoms with van der Waals surface area (Å²) in [6.45, 7) is 4.78. The van der Waals surface area contributed by atoms with Crippen molar-refractivity contribution < 1.29 is 9.21 Å². The van der Waals surface area contributed by atoms with Crippen LogP contribution in [0.4, 0.5) is 0 Å².